The van der Waals surface area contributed by atoms with E-state index in [9.17, 15) is 8.42 Å². The van der Waals surface area contributed by atoms with Crippen LogP contribution in [0.2, 0.25) is 0 Å². The van der Waals surface area contributed by atoms with Crippen molar-refractivity contribution >= 4 is 24.3 Å². The smallest absolute Gasteiger partial charge is 0.303 e. The number of rotatable bonds is 9. The Balaban J connectivity index is 2.63. The lowest BCUT2D eigenvalue weighted by Crippen LogP contribution is -2.22. The van der Waals surface area contributed by atoms with Crippen molar-refractivity contribution in [3.05, 3.63) is 29.8 Å². The molecule has 4 atom stereocenters. The van der Waals surface area contributed by atoms with Crippen molar-refractivity contribution < 1.29 is 17.2 Å². The summed E-state index contributed by atoms with van der Waals surface area (Å²) in [5.41, 5.74) is 1.77. The van der Waals surface area contributed by atoms with Crippen LogP contribution < -0.4 is 5.30 Å². The molecule has 0 radical (unpaired) electrons. The molecule has 23 heavy (non-hydrogen) atoms. The SMILES string of the molecule is C[C@H](CC[C@H](C)OS(=O)(=O)O)Pc1ccccc1[C@@H](C)N(C)C. The fourth-order valence-corrected chi connectivity index (χ4v) is 4.35. The lowest BCUT2D eigenvalue weighted by molar-refractivity contribution is 0.186. The van der Waals surface area contributed by atoms with Gasteiger partial charge in [0.15, 0.2) is 0 Å². The van der Waals surface area contributed by atoms with Crippen LogP contribution in [0.15, 0.2) is 24.3 Å². The lowest BCUT2D eigenvalue weighted by atomic mass is 10.1. The molecule has 0 heterocycles. The third-order valence-corrected chi connectivity index (χ3v) is 6.00. The average Bonchev–Trinajstić information content (AvgIpc) is 2.43. The van der Waals surface area contributed by atoms with Crippen LogP contribution in [0.25, 0.3) is 0 Å². The van der Waals surface area contributed by atoms with Crippen molar-refractivity contribution in [3.63, 3.8) is 0 Å². The van der Waals surface area contributed by atoms with Gasteiger partial charge in [-0.15, -0.1) is 0 Å². The van der Waals surface area contributed by atoms with Crippen molar-refractivity contribution in [2.75, 3.05) is 14.1 Å². The third-order valence-electron chi connectivity index (χ3n) is 3.88. The monoisotopic (exact) mass is 361 g/mol. The largest absolute Gasteiger partial charge is 0.397 e. The minimum Gasteiger partial charge on any atom is -0.303 e. The average molecular weight is 361 g/mol. The topological polar surface area (TPSA) is 66.8 Å². The van der Waals surface area contributed by atoms with E-state index in [1.807, 2.05) is 0 Å². The van der Waals surface area contributed by atoms with Gasteiger partial charge in [-0.2, -0.15) is 8.42 Å². The van der Waals surface area contributed by atoms with Gasteiger partial charge in [0.05, 0.1) is 6.10 Å². The number of hydrogen-bond donors (Lipinski definition) is 1. The van der Waals surface area contributed by atoms with Gasteiger partial charge in [-0.05, 0) is 57.3 Å². The van der Waals surface area contributed by atoms with Crippen molar-refractivity contribution in [1.82, 2.24) is 4.90 Å². The van der Waals surface area contributed by atoms with Gasteiger partial charge in [-0.25, -0.2) is 4.18 Å². The first-order chi connectivity index (χ1) is 10.6. The molecule has 0 bridgehead atoms. The van der Waals surface area contributed by atoms with Crippen LogP contribution in [0.1, 0.15) is 45.2 Å². The molecule has 0 fully saturated rings. The zero-order valence-corrected chi connectivity index (χ0v) is 16.3. The summed E-state index contributed by atoms with van der Waals surface area (Å²) in [4.78, 5) is 2.19. The Kier molecular flexibility index (Phi) is 8.11. The van der Waals surface area contributed by atoms with E-state index in [4.69, 9.17) is 4.55 Å². The normalized spacial score (nSPS) is 16.8. The van der Waals surface area contributed by atoms with E-state index in [1.54, 1.807) is 6.92 Å². The van der Waals surface area contributed by atoms with Crippen molar-refractivity contribution in [2.24, 2.45) is 0 Å². The number of benzene rings is 1. The van der Waals surface area contributed by atoms with Gasteiger partial charge in [-0.3, -0.25) is 4.55 Å². The minimum absolute atomic E-state index is 0.354. The van der Waals surface area contributed by atoms with E-state index in [1.165, 1.54) is 10.9 Å². The maximum Gasteiger partial charge on any atom is 0.397 e. The Hall–Kier alpha value is -0.520. The summed E-state index contributed by atoms with van der Waals surface area (Å²) in [6.07, 6.45) is 0.937. The molecule has 0 aromatic heterocycles. The summed E-state index contributed by atoms with van der Waals surface area (Å²) in [6, 6.07) is 8.82. The van der Waals surface area contributed by atoms with E-state index < -0.39 is 16.5 Å². The molecule has 0 spiro atoms. The Morgan fingerprint density at radius 1 is 1.17 bits per heavy atom. The number of nitrogens with zero attached hydrogens (tertiary/aromatic N) is 1. The molecule has 1 N–H and O–H groups in total. The fourth-order valence-electron chi connectivity index (χ4n) is 2.35. The van der Waals surface area contributed by atoms with E-state index >= 15 is 0 Å². The van der Waals surface area contributed by atoms with Gasteiger partial charge in [0.1, 0.15) is 0 Å². The zero-order chi connectivity index (χ0) is 17.6. The molecule has 7 heteroatoms. The van der Waals surface area contributed by atoms with Gasteiger partial charge in [0, 0.05) is 6.04 Å². The van der Waals surface area contributed by atoms with Crippen LogP contribution >= 0.6 is 8.58 Å². The van der Waals surface area contributed by atoms with Crippen molar-refractivity contribution in [3.8, 4) is 0 Å². The summed E-state index contributed by atoms with van der Waals surface area (Å²) in [6.45, 7) is 6.01. The summed E-state index contributed by atoms with van der Waals surface area (Å²) >= 11 is 0. The highest BCUT2D eigenvalue weighted by atomic mass is 32.3. The van der Waals surface area contributed by atoms with E-state index in [0.717, 1.165) is 6.42 Å². The van der Waals surface area contributed by atoms with E-state index in [0.29, 0.717) is 26.7 Å². The zero-order valence-electron chi connectivity index (χ0n) is 14.5. The predicted octanol–water partition coefficient (Wildman–Crippen LogP) is 2.99. The second-order valence-electron chi connectivity index (χ2n) is 6.18. The van der Waals surface area contributed by atoms with Crippen molar-refractivity contribution in [2.45, 2.75) is 51.4 Å². The van der Waals surface area contributed by atoms with E-state index in [-0.39, 0.29) is 0 Å². The Morgan fingerprint density at radius 2 is 1.78 bits per heavy atom. The summed E-state index contributed by atoms with van der Waals surface area (Å²) in [5.74, 6) is 0. The van der Waals surface area contributed by atoms with Crippen LogP contribution in [0.5, 0.6) is 0 Å². The molecule has 1 unspecified atom stereocenters. The Labute approximate surface area is 142 Å². The molecular weight excluding hydrogens is 333 g/mol. The van der Waals surface area contributed by atoms with Crippen LogP contribution in [-0.2, 0) is 14.6 Å². The first-order valence-electron chi connectivity index (χ1n) is 7.77. The van der Waals surface area contributed by atoms with Crippen molar-refractivity contribution in [1.29, 1.82) is 0 Å². The maximum atomic E-state index is 10.7. The summed E-state index contributed by atoms with van der Waals surface area (Å²) in [5, 5.41) is 1.35. The van der Waals surface area contributed by atoms with Crippen LogP contribution in [0, 0.1) is 0 Å². The van der Waals surface area contributed by atoms with Gasteiger partial charge in [0.2, 0.25) is 0 Å². The summed E-state index contributed by atoms with van der Waals surface area (Å²) < 4.78 is 34.6. The first kappa shape index (κ1) is 20.5. The Bertz CT molecular complexity index is 591. The van der Waals surface area contributed by atoms with E-state index in [2.05, 4.69) is 61.3 Å². The summed E-state index contributed by atoms with van der Waals surface area (Å²) in [7, 11) is 0.439. The van der Waals surface area contributed by atoms with Crippen LogP contribution in [-0.4, -0.2) is 43.7 Å². The third kappa shape index (κ3) is 7.73. The lowest BCUT2D eigenvalue weighted by Gasteiger charge is -2.24. The standard InChI is InChI=1S/C16H28NO4PS/c1-12(21-23(18,19)20)10-11-13(2)22-16-9-7-6-8-15(16)14(3)17(4)5/h6-9,12-14,22H,10-11H2,1-5H3,(H,18,19,20)/t12-,13+,14+/m0/s1. The molecule has 0 aliphatic carbocycles. The van der Waals surface area contributed by atoms with Gasteiger partial charge >= 0.3 is 10.4 Å². The molecule has 0 amide bonds. The second kappa shape index (κ2) is 9.09. The Morgan fingerprint density at radius 3 is 2.35 bits per heavy atom. The first-order valence-corrected chi connectivity index (χ1v) is 10.2. The molecule has 1 rings (SSSR count). The molecule has 0 aliphatic rings. The molecule has 132 valence electrons. The molecule has 0 saturated carbocycles. The molecular formula is C16H28NO4PS. The quantitative estimate of drug-likeness (QED) is 0.541. The fraction of sp³-hybridized carbons (Fsp3) is 0.625. The maximum absolute atomic E-state index is 10.7. The van der Waals surface area contributed by atoms with Gasteiger partial charge in [0.25, 0.3) is 0 Å². The highest BCUT2D eigenvalue weighted by Gasteiger charge is 2.16. The predicted molar refractivity (Wildman–Crippen MR) is 97.3 cm³/mol. The molecule has 0 aliphatic heterocycles. The molecule has 1 aromatic carbocycles. The molecule has 5 nitrogen and oxygen atoms in total. The second-order valence-corrected chi connectivity index (χ2v) is 9.05. The highest BCUT2D eigenvalue weighted by molar-refractivity contribution is 7.80. The van der Waals surface area contributed by atoms with Gasteiger partial charge in [-0.1, -0.05) is 39.8 Å². The van der Waals surface area contributed by atoms with Crippen LogP contribution in [0.4, 0.5) is 0 Å². The molecule has 1 aromatic rings. The highest BCUT2D eigenvalue weighted by Crippen LogP contribution is 2.28. The number of hydrogen-bond acceptors (Lipinski definition) is 4. The van der Waals surface area contributed by atoms with Crippen LogP contribution in [0.3, 0.4) is 0 Å². The van der Waals surface area contributed by atoms with Gasteiger partial charge < -0.3 is 4.90 Å². The minimum atomic E-state index is -4.36. The molecule has 0 saturated heterocycles.